The molecule has 2 N–H and O–H groups in total. The highest BCUT2D eigenvalue weighted by atomic mass is 15.0. The number of nitrogens with two attached hydrogens (primary N) is 1. The normalized spacial score (nSPS) is 11.4. The first-order valence-corrected chi connectivity index (χ1v) is 7.37. The van der Waals surface area contributed by atoms with Crippen LogP contribution in [0.5, 0.6) is 0 Å². The van der Waals surface area contributed by atoms with E-state index >= 15 is 0 Å². The van der Waals surface area contributed by atoms with E-state index in [2.05, 4.69) is 60.0 Å². The first kappa shape index (κ1) is 12.9. The van der Waals surface area contributed by atoms with E-state index in [0.717, 1.165) is 33.8 Å². The Morgan fingerprint density at radius 3 is 2.55 bits per heavy atom. The van der Waals surface area contributed by atoms with Crippen LogP contribution in [0.2, 0.25) is 0 Å². The van der Waals surface area contributed by atoms with Crippen LogP contribution in [0.1, 0.15) is 11.3 Å². The average Bonchev–Trinajstić information content (AvgIpc) is 2.84. The van der Waals surface area contributed by atoms with Gasteiger partial charge in [-0.15, -0.1) is 0 Å². The molecule has 2 aromatic heterocycles. The van der Waals surface area contributed by atoms with Crippen LogP contribution < -0.4 is 5.73 Å². The van der Waals surface area contributed by atoms with Crippen LogP contribution in [0.25, 0.3) is 27.7 Å². The Morgan fingerprint density at radius 1 is 0.955 bits per heavy atom. The molecular formula is C19H17N3. The molecule has 0 atom stereocenters. The maximum Gasteiger partial charge on any atom is 0.160 e. The molecule has 0 unspecified atom stereocenters. The number of pyridine rings is 1. The average molecular weight is 287 g/mol. The summed E-state index contributed by atoms with van der Waals surface area (Å²) in [5.41, 5.74) is 12.0. The molecule has 3 heteroatoms. The summed E-state index contributed by atoms with van der Waals surface area (Å²) in [5, 5.41) is 2.46. The summed E-state index contributed by atoms with van der Waals surface area (Å²) in [6.45, 7) is 4.13. The van der Waals surface area contributed by atoms with Gasteiger partial charge in [-0.05, 0) is 42.3 Å². The number of benzene rings is 2. The van der Waals surface area contributed by atoms with Crippen molar-refractivity contribution >= 4 is 22.1 Å². The minimum absolute atomic E-state index is 0.718. The second-order valence-corrected chi connectivity index (χ2v) is 5.77. The number of fused-ring (bicyclic) bond motifs is 2. The standard InChI is InChI=1S/C19H17N3/c1-12-9-17(20)19-21-18(13(2)22(19)11-12)16-8-7-14-5-3-4-6-15(14)10-16/h3-11H,20H2,1-2H3. The zero-order chi connectivity index (χ0) is 15.3. The highest BCUT2D eigenvalue weighted by molar-refractivity contribution is 5.87. The lowest BCUT2D eigenvalue weighted by atomic mass is 10.0. The van der Waals surface area contributed by atoms with Crippen molar-refractivity contribution in [3.05, 3.63) is 66.0 Å². The van der Waals surface area contributed by atoms with Crippen LogP contribution in [-0.4, -0.2) is 9.38 Å². The van der Waals surface area contributed by atoms with Gasteiger partial charge in [-0.1, -0.05) is 36.4 Å². The third kappa shape index (κ3) is 1.86. The topological polar surface area (TPSA) is 43.3 Å². The van der Waals surface area contributed by atoms with Crippen LogP contribution in [0, 0.1) is 13.8 Å². The number of aryl methyl sites for hydroxylation is 2. The molecule has 108 valence electrons. The SMILES string of the molecule is Cc1cc(N)c2nc(-c3ccc4ccccc4c3)c(C)n2c1. The van der Waals surface area contributed by atoms with E-state index in [1.807, 2.05) is 13.0 Å². The summed E-state index contributed by atoms with van der Waals surface area (Å²) in [7, 11) is 0. The van der Waals surface area contributed by atoms with E-state index in [4.69, 9.17) is 10.7 Å². The highest BCUT2D eigenvalue weighted by Crippen LogP contribution is 2.29. The summed E-state index contributed by atoms with van der Waals surface area (Å²) in [4.78, 5) is 4.77. The summed E-state index contributed by atoms with van der Waals surface area (Å²) >= 11 is 0. The molecular weight excluding hydrogens is 270 g/mol. The lowest BCUT2D eigenvalue weighted by molar-refractivity contribution is 1.09. The van der Waals surface area contributed by atoms with E-state index in [-0.39, 0.29) is 0 Å². The summed E-state index contributed by atoms with van der Waals surface area (Å²) in [6, 6.07) is 16.8. The molecule has 0 aliphatic carbocycles. The smallest absolute Gasteiger partial charge is 0.160 e. The number of nitrogens with zero attached hydrogens (tertiary/aromatic N) is 2. The molecule has 0 aliphatic heterocycles. The molecule has 0 spiro atoms. The Morgan fingerprint density at radius 2 is 1.73 bits per heavy atom. The molecule has 3 nitrogen and oxygen atoms in total. The lowest BCUT2D eigenvalue weighted by Crippen LogP contribution is -1.95. The first-order valence-electron chi connectivity index (χ1n) is 7.37. The molecule has 0 saturated carbocycles. The van der Waals surface area contributed by atoms with Crippen LogP contribution in [0.15, 0.2) is 54.7 Å². The number of imidazole rings is 1. The zero-order valence-corrected chi connectivity index (χ0v) is 12.7. The monoisotopic (exact) mass is 287 g/mol. The lowest BCUT2D eigenvalue weighted by Gasteiger charge is -2.03. The fourth-order valence-electron chi connectivity index (χ4n) is 3.04. The van der Waals surface area contributed by atoms with Gasteiger partial charge < -0.3 is 10.1 Å². The number of hydrogen-bond acceptors (Lipinski definition) is 2. The van der Waals surface area contributed by atoms with E-state index in [9.17, 15) is 0 Å². The molecule has 2 aromatic carbocycles. The molecule has 0 bridgehead atoms. The maximum atomic E-state index is 6.12. The van der Waals surface area contributed by atoms with Crippen molar-refractivity contribution in [1.29, 1.82) is 0 Å². The molecule has 0 saturated heterocycles. The molecule has 0 aliphatic rings. The second-order valence-electron chi connectivity index (χ2n) is 5.77. The van der Waals surface area contributed by atoms with Gasteiger partial charge in [0.2, 0.25) is 0 Å². The van der Waals surface area contributed by atoms with Crippen molar-refractivity contribution in [1.82, 2.24) is 9.38 Å². The van der Waals surface area contributed by atoms with E-state index in [1.54, 1.807) is 0 Å². The van der Waals surface area contributed by atoms with Gasteiger partial charge in [0.1, 0.15) is 0 Å². The molecule has 4 rings (SSSR count). The minimum Gasteiger partial charge on any atom is -0.396 e. The number of anilines is 1. The molecule has 2 heterocycles. The van der Waals surface area contributed by atoms with E-state index in [0.29, 0.717) is 0 Å². The van der Waals surface area contributed by atoms with Crippen LogP contribution in [-0.2, 0) is 0 Å². The number of hydrogen-bond donors (Lipinski definition) is 1. The zero-order valence-electron chi connectivity index (χ0n) is 12.7. The summed E-state index contributed by atoms with van der Waals surface area (Å²) in [5.74, 6) is 0. The van der Waals surface area contributed by atoms with Crippen molar-refractivity contribution in [2.75, 3.05) is 5.73 Å². The van der Waals surface area contributed by atoms with Gasteiger partial charge in [0.25, 0.3) is 0 Å². The van der Waals surface area contributed by atoms with Crippen molar-refractivity contribution in [2.45, 2.75) is 13.8 Å². The third-order valence-electron chi connectivity index (χ3n) is 4.15. The van der Waals surface area contributed by atoms with E-state index < -0.39 is 0 Å². The Kier molecular flexibility index (Phi) is 2.70. The Labute approximate surface area is 129 Å². The predicted octanol–water partition coefficient (Wildman–Crippen LogP) is 4.35. The number of rotatable bonds is 1. The predicted molar refractivity (Wildman–Crippen MR) is 92.0 cm³/mol. The third-order valence-corrected chi connectivity index (χ3v) is 4.15. The number of aromatic nitrogens is 2. The van der Waals surface area contributed by atoms with Crippen LogP contribution >= 0.6 is 0 Å². The molecule has 4 aromatic rings. The number of nitrogen functional groups attached to an aromatic ring is 1. The molecule has 0 amide bonds. The van der Waals surface area contributed by atoms with E-state index in [1.165, 1.54) is 10.8 Å². The second kappa shape index (κ2) is 4.60. The Balaban J connectivity index is 1.99. The van der Waals surface area contributed by atoms with Crippen molar-refractivity contribution in [3.8, 4) is 11.3 Å². The van der Waals surface area contributed by atoms with Crippen molar-refractivity contribution < 1.29 is 0 Å². The fraction of sp³-hybridized carbons (Fsp3) is 0.105. The maximum absolute atomic E-state index is 6.12. The minimum atomic E-state index is 0.718. The van der Waals surface area contributed by atoms with Crippen LogP contribution in [0.3, 0.4) is 0 Å². The van der Waals surface area contributed by atoms with Gasteiger partial charge in [0.05, 0.1) is 11.4 Å². The molecule has 22 heavy (non-hydrogen) atoms. The quantitative estimate of drug-likeness (QED) is 0.565. The van der Waals surface area contributed by atoms with Gasteiger partial charge in [-0.25, -0.2) is 4.98 Å². The molecule has 0 radical (unpaired) electrons. The largest absolute Gasteiger partial charge is 0.396 e. The molecule has 0 fully saturated rings. The van der Waals surface area contributed by atoms with Gasteiger partial charge >= 0.3 is 0 Å². The summed E-state index contributed by atoms with van der Waals surface area (Å²) < 4.78 is 2.08. The van der Waals surface area contributed by atoms with Crippen molar-refractivity contribution in [2.24, 2.45) is 0 Å². The van der Waals surface area contributed by atoms with Gasteiger partial charge in [0, 0.05) is 17.5 Å². The van der Waals surface area contributed by atoms with Crippen molar-refractivity contribution in [3.63, 3.8) is 0 Å². The highest BCUT2D eigenvalue weighted by Gasteiger charge is 2.13. The van der Waals surface area contributed by atoms with Crippen LogP contribution in [0.4, 0.5) is 5.69 Å². The Bertz CT molecular complexity index is 1010. The summed E-state index contributed by atoms with van der Waals surface area (Å²) in [6.07, 6.45) is 2.08. The first-order chi connectivity index (χ1) is 10.6. The fourth-order valence-corrected chi connectivity index (χ4v) is 3.04. The van der Waals surface area contributed by atoms with Gasteiger partial charge in [0.15, 0.2) is 5.65 Å². The Hall–Kier alpha value is -2.81. The van der Waals surface area contributed by atoms with Gasteiger partial charge in [-0.2, -0.15) is 0 Å². The van der Waals surface area contributed by atoms with Gasteiger partial charge in [-0.3, -0.25) is 0 Å².